The van der Waals surface area contributed by atoms with E-state index in [4.69, 9.17) is 0 Å². The quantitative estimate of drug-likeness (QED) is 0.723. The van der Waals surface area contributed by atoms with E-state index in [1.54, 1.807) is 12.1 Å². The van der Waals surface area contributed by atoms with Gasteiger partial charge in [0, 0.05) is 18.7 Å². The zero-order chi connectivity index (χ0) is 18.1. The van der Waals surface area contributed by atoms with Gasteiger partial charge >= 0.3 is 5.69 Å². The van der Waals surface area contributed by atoms with Crippen LogP contribution in [0.4, 0.5) is 4.39 Å². The van der Waals surface area contributed by atoms with Gasteiger partial charge in [0.15, 0.2) is 5.52 Å². The monoisotopic (exact) mass is 345 g/mol. The van der Waals surface area contributed by atoms with E-state index in [9.17, 15) is 19.2 Å². The van der Waals surface area contributed by atoms with Crippen LogP contribution in [0.15, 0.2) is 39.9 Å². The van der Waals surface area contributed by atoms with Gasteiger partial charge in [-0.3, -0.25) is 13.9 Å². The molecule has 0 atom stereocenters. The first kappa shape index (κ1) is 17.0. The van der Waals surface area contributed by atoms with Crippen LogP contribution in [0.1, 0.15) is 26.7 Å². The van der Waals surface area contributed by atoms with Crippen molar-refractivity contribution in [3.8, 4) is 11.3 Å². The van der Waals surface area contributed by atoms with Crippen molar-refractivity contribution < 1.29 is 9.60 Å². The topological polar surface area (TPSA) is 69.2 Å². The standard InChI is InChI=1S/C18H20FN3O3/c1-3-9-20-15-11-14(12-7-5-6-8-13(12)19)22(25)16(15)17(23)21(10-4-2)18(20)24/h5-8,11,25H,3-4,9-10H2,1-2H3. The number of nitrogens with zero attached hydrogens (tertiary/aromatic N) is 3. The minimum Gasteiger partial charge on any atom is -0.428 e. The lowest BCUT2D eigenvalue weighted by molar-refractivity contribution is 0.203. The average molecular weight is 345 g/mol. The van der Waals surface area contributed by atoms with Gasteiger partial charge in [0.2, 0.25) is 0 Å². The van der Waals surface area contributed by atoms with Crippen LogP contribution in [-0.2, 0) is 13.1 Å². The highest BCUT2D eigenvalue weighted by atomic mass is 19.1. The third-order valence-electron chi connectivity index (χ3n) is 4.20. The molecule has 6 nitrogen and oxygen atoms in total. The molecule has 0 saturated heterocycles. The lowest BCUT2D eigenvalue weighted by Gasteiger charge is -2.10. The van der Waals surface area contributed by atoms with Crippen molar-refractivity contribution in [2.75, 3.05) is 0 Å². The van der Waals surface area contributed by atoms with Gasteiger partial charge in [-0.1, -0.05) is 26.0 Å². The highest BCUT2D eigenvalue weighted by Crippen LogP contribution is 2.27. The molecule has 0 aliphatic heterocycles. The Bertz CT molecular complexity index is 1050. The molecule has 3 rings (SSSR count). The Morgan fingerprint density at radius 2 is 1.68 bits per heavy atom. The Kier molecular flexibility index (Phi) is 4.48. The highest BCUT2D eigenvalue weighted by Gasteiger charge is 2.21. The largest absolute Gasteiger partial charge is 0.428 e. The van der Waals surface area contributed by atoms with Crippen LogP contribution in [0.3, 0.4) is 0 Å². The summed E-state index contributed by atoms with van der Waals surface area (Å²) in [6.07, 6.45) is 1.30. The van der Waals surface area contributed by atoms with Gasteiger partial charge in [-0.15, -0.1) is 0 Å². The second-order valence-electron chi connectivity index (χ2n) is 5.95. The smallest absolute Gasteiger partial charge is 0.331 e. The molecule has 0 amide bonds. The Morgan fingerprint density at radius 1 is 1.04 bits per heavy atom. The van der Waals surface area contributed by atoms with Crippen LogP contribution < -0.4 is 11.2 Å². The summed E-state index contributed by atoms with van der Waals surface area (Å²) in [5, 5.41) is 10.5. The number of aryl methyl sites for hydroxylation is 1. The van der Waals surface area contributed by atoms with E-state index in [2.05, 4.69) is 0 Å². The molecule has 2 heterocycles. The molecule has 0 fully saturated rings. The van der Waals surface area contributed by atoms with E-state index in [1.807, 2.05) is 13.8 Å². The SMILES string of the molecule is CCCn1c(=O)c2c(cc(-c3ccccc3F)n2O)n(CCC)c1=O. The van der Waals surface area contributed by atoms with Gasteiger partial charge in [0.05, 0.1) is 11.2 Å². The number of benzene rings is 1. The van der Waals surface area contributed by atoms with Gasteiger partial charge in [-0.2, -0.15) is 4.73 Å². The van der Waals surface area contributed by atoms with E-state index in [-0.39, 0.29) is 23.3 Å². The lowest BCUT2D eigenvalue weighted by Crippen LogP contribution is -2.40. The lowest BCUT2D eigenvalue weighted by atomic mass is 10.1. The molecule has 0 spiro atoms. The van der Waals surface area contributed by atoms with Crippen LogP contribution >= 0.6 is 0 Å². The van der Waals surface area contributed by atoms with Gasteiger partial charge in [0.25, 0.3) is 5.56 Å². The van der Waals surface area contributed by atoms with Crippen molar-refractivity contribution in [2.45, 2.75) is 39.8 Å². The third kappa shape index (κ3) is 2.65. The summed E-state index contributed by atoms with van der Waals surface area (Å²) in [4.78, 5) is 25.4. The Balaban J connectivity index is 2.43. The third-order valence-corrected chi connectivity index (χ3v) is 4.20. The average Bonchev–Trinajstić information content (AvgIpc) is 2.93. The Labute approximate surface area is 143 Å². The normalized spacial score (nSPS) is 11.3. The molecule has 132 valence electrons. The van der Waals surface area contributed by atoms with Crippen LogP contribution in [-0.4, -0.2) is 19.1 Å². The Hall–Kier alpha value is -2.83. The molecule has 0 aliphatic rings. The fourth-order valence-electron chi connectivity index (χ4n) is 3.08. The van der Waals surface area contributed by atoms with E-state index >= 15 is 0 Å². The molecule has 0 bridgehead atoms. The minimum absolute atomic E-state index is 0.0141. The minimum atomic E-state index is -0.570. The van der Waals surface area contributed by atoms with Crippen molar-refractivity contribution in [3.63, 3.8) is 0 Å². The van der Waals surface area contributed by atoms with Gasteiger partial charge < -0.3 is 5.21 Å². The fourth-order valence-corrected chi connectivity index (χ4v) is 3.08. The predicted octanol–water partition coefficient (Wildman–Crippen LogP) is 2.83. The van der Waals surface area contributed by atoms with Crippen LogP contribution in [0, 0.1) is 5.82 Å². The summed E-state index contributed by atoms with van der Waals surface area (Å²) >= 11 is 0. The molecule has 0 unspecified atom stereocenters. The summed E-state index contributed by atoms with van der Waals surface area (Å²) < 4.78 is 17.4. The molecule has 3 aromatic rings. The zero-order valence-electron chi connectivity index (χ0n) is 14.2. The maximum atomic E-state index is 14.1. The first-order chi connectivity index (χ1) is 12.0. The molecule has 1 N–H and O–H groups in total. The first-order valence-corrected chi connectivity index (χ1v) is 8.34. The number of rotatable bonds is 5. The zero-order valence-corrected chi connectivity index (χ0v) is 14.2. The molecule has 7 heteroatoms. The highest BCUT2D eigenvalue weighted by molar-refractivity contribution is 5.83. The van der Waals surface area contributed by atoms with Crippen molar-refractivity contribution in [3.05, 3.63) is 57.0 Å². The fraction of sp³-hybridized carbons (Fsp3) is 0.333. The van der Waals surface area contributed by atoms with Crippen LogP contribution in [0.25, 0.3) is 22.3 Å². The Morgan fingerprint density at radius 3 is 2.32 bits per heavy atom. The molecule has 0 aliphatic carbocycles. The molecule has 1 aromatic carbocycles. The number of fused-ring (bicyclic) bond motifs is 1. The van der Waals surface area contributed by atoms with E-state index < -0.39 is 17.1 Å². The van der Waals surface area contributed by atoms with Crippen molar-refractivity contribution in [1.82, 2.24) is 13.9 Å². The van der Waals surface area contributed by atoms with Crippen molar-refractivity contribution in [2.24, 2.45) is 0 Å². The summed E-state index contributed by atoms with van der Waals surface area (Å²) in [6, 6.07) is 7.47. The summed E-state index contributed by atoms with van der Waals surface area (Å²) in [5.74, 6) is -0.515. The molecule has 2 aromatic heterocycles. The molecule has 25 heavy (non-hydrogen) atoms. The summed E-state index contributed by atoms with van der Waals surface area (Å²) in [5.41, 5.74) is -0.377. The number of halogens is 1. The van der Waals surface area contributed by atoms with Gasteiger partial charge in [0.1, 0.15) is 5.82 Å². The number of hydrogen-bond acceptors (Lipinski definition) is 3. The van der Waals surface area contributed by atoms with Gasteiger partial charge in [-0.25, -0.2) is 9.18 Å². The maximum Gasteiger partial charge on any atom is 0.331 e. The summed E-state index contributed by atoms with van der Waals surface area (Å²) in [7, 11) is 0. The second kappa shape index (κ2) is 6.58. The van der Waals surface area contributed by atoms with Crippen LogP contribution in [0.2, 0.25) is 0 Å². The predicted molar refractivity (Wildman–Crippen MR) is 93.6 cm³/mol. The molecular formula is C18H20FN3O3. The molecular weight excluding hydrogens is 325 g/mol. The maximum absolute atomic E-state index is 14.1. The number of aromatic nitrogens is 3. The van der Waals surface area contributed by atoms with E-state index in [0.29, 0.717) is 29.6 Å². The summed E-state index contributed by atoms with van der Waals surface area (Å²) in [6.45, 7) is 4.45. The van der Waals surface area contributed by atoms with Crippen molar-refractivity contribution >= 4 is 11.0 Å². The number of hydrogen-bond donors (Lipinski definition) is 1. The van der Waals surface area contributed by atoms with E-state index in [1.165, 1.54) is 22.8 Å². The van der Waals surface area contributed by atoms with Crippen molar-refractivity contribution in [1.29, 1.82) is 0 Å². The van der Waals surface area contributed by atoms with Crippen LogP contribution in [0.5, 0.6) is 0 Å². The first-order valence-electron chi connectivity index (χ1n) is 8.34. The molecule has 0 saturated carbocycles. The van der Waals surface area contributed by atoms with E-state index in [0.717, 1.165) is 4.57 Å². The second-order valence-corrected chi connectivity index (χ2v) is 5.95. The van der Waals surface area contributed by atoms with Gasteiger partial charge in [-0.05, 0) is 31.0 Å². The molecule has 0 radical (unpaired) electrons.